The summed E-state index contributed by atoms with van der Waals surface area (Å²) in [5.41, 5.74) is 8.07. The minimum Gasteiger partial charge on any atom is -0.130 e. The predicted octanol–water partition coefficient (Wildman–Crippen LogP) is 7.60. The van der Waals surface area contributed by atoms with Crippen molar-refractivity contribution in [2.24, 2.45) is 0 Å². The van der Waals surface area contributed by atoms with Gasteiger partial charge in [0.15, 0.2) is 0 Å². The first-order valence-electron chi connectivity index (χ1n) is 9.35. The molecular weight excluding hydrogens is 376 g/mol. The number of benzene rings is 4. The topological polar surface area (TPSA) is 0 Å². The van der Waals surface area contributed by atoms with E-state index in [1.54, 1.807) is 23.5 Å². The quantitative estimate of drug-likeness (QED) is 0.287. The Bertz CT molecular complexity index is 1110. The Morgan fingerprint density at radius 1 is 0.571 bits per heavy atom. The van der Waals surface area contributed by atoms with Crippen LogP contribution in [0.2, 0.25) is 0 Å². The minimum atomic E-state index is 1.28. The van der Waals surface area contributed by atoms with Crippen molar-refractivity contribution in [1.29, 1.82) is 0 Å². The highest BCUT2D eigenvalue weighted by molar-refractivity contribution is 7.98. The molecule has 0 radical (unpaired) electrons. The summed E-state index contributed by atoms with van der Waals surface area (Å²) in [5.74, 6) is 0. The third-order valence-electron chi connectivity index (χ3n) is 5.37. The zero-order chi connectivity index (χ0) is 19.1. The molecule has 0 saturated heterocycles. The third kappa shape index (κ3) is 3.07. The lowest BCUT2D eigenvalue weighted by Gasteiger charge is -2.10. The molecule has 0 nitrogen and oxygen atoms in total. The molecule has 0 amide bonds. The summed E-state index contributed by atoms with van der Waals surface area (Å²) < 4.78 is 0. The summed E-state index contributed by atoms with van der Waals surface area (Å²) in [6.45, 7) is 0. The van der Waals surface area contributed by atoms with E-state index in [2.05, 4.69) is 97.4 Å². The highest BCUT2D eigenvalue weighted by Crippen LogP contribution is 2.51. The molecular formula is C26H20S2. The van der Waals surface area contributed by atoms with E-state index in [0.717, 1.165) is 0 Å². The smallest absolute Gasteiger partial charge is 0.00695 e. The molecule has 1 aliphatic carbocycles. The number of hydrogen-bond donors (Lipinski definition) is 0. The van der Waals surface area contributed by atoms with Crippen LogP contribution in [-0.2, 0) is 0 Å². The van der Waals surface area contributed by atoms with Crippen molar-refractivity contribution in [3.05, 3.63) is 107 Å². The van der Waals surface area contributed by atoms with Crippen molar-refractivity contribution in [1.82, 2.24) is 0 Å². The summed E-state index contributed by atoms with van der Waals surface area (Å²) in [7, 11) is 0. The molecule has 4 aromatic rings. The maximum absolute atomic E-state index is 2.34. The van der Waals surface area contributed by atoms with Crippen molar-refractivity contribution in [2.75, 3.05) is 12.5 Å². The maximum atomic E-state index is 2.34. The highest BCUT2D eigenvalue weighted by atomic mass is 32.2. The highest BCUT2D eigenvalue weighted by Gasteiger charge is 2.30. The van der Waals surface area contributed by atoms with Crippen LogP contribution in [0.1, 0.15) is 22.3 Å². The molecule has 136 valence electrons. The number of thioether (sulfide) groups is 2. The van der Waals surface area contributed by atoms with Crippen LogP contribution in [0.4, 0.5) is 0 Å². The fourth-order valence-corrected chi connectivity index (χ4v) is 4.66. The SMILES string of the molecule is CSc1ccc(C(=C2c3cc4ccccc4cc32)c2ccc(SC)cc2)cc1. The van der Waals surface area contributed by atoms with Crippen LogP contribution in [0.5, 0.6) is 0 Å². The Kier molecular flexibility index (Phi) is 4.54. The van der Waals surface area contributed by atoms with Gasteiger partial charge in [-0.25, -0.2) is 0 Å². The Hall–Kier alpha value is -2.42. The Morgan fingerprint density at radius 3 is 1.39 bits per heavy atom. The lowest BCUT2D eigenvalue weighted by Crippen LogP contribution is -1.89. The molecule has 0 spiro atoms. The Morgan fingerprint density at radius 2 is 1.00 bits per heavy atom. The molecule has 0 aromatic heterocycles. The van der Waals surface area contributed by atoms with Gasteiger partial charge in [-0.2, -0.15) is 0 Å². The van der Waals surface area contributed by atoms with E-state index in [4.69, 9.17) is 0 Å². The first-order chi connectivity index (χ1) is 13.8. The van der Waals surface area contributed by atoms with Gasteiger partial charge in [-0.3, -0.25) is 0 Å². The van der Waals surface area contributed by atoms with E-state index in [0.29, 0.717) is 0 Å². The second kappa shape index (κ2) is 7.20. The van der Waals surface area contributed by atoms with Crippen molar-refractivity contribution in [3.63, 3.8) is 0 Å². The largest absolute Gasteiger partial charge is 0.130 e. The lowest BCUT2D eigenvalue weighted by atomic mass is 9.96. The lowest BCUT2D eigenvalue weighted by molar-refractivity contribution is 1.41. The summed E-state index contributed by atoms with van der Waals surface area (Å²) in [4.78, 5) is 2.59. The third-order valence-corrected chi connectivity index (χ3v) is 6.86. The van der Waals surface area contributed by atoms with Gasteiger partial charge in [0.2, 0.25) is 0 Å². The summed E-state index contributed by atoms with van der Waals surface area (Å²) >= 11 is 3.57. The first kappa shape index (κ1) is 17.7. The van der Waals surface area contributed by atoms with Gasteiger partial charge in [0.1, 0.15) is 0 Å². The van der Waals surface area contributed by atoms with Crippen molar-refractivity contribution in [3.8, 4) is 0 Å². The van der Waals surface area contributed by atoms with E-state index < -0.39 is 0 Å². The van der Waals surface area contributed by atoms with Crippen molar-refractivity contribution in [2.45, 2.75) is 9.79 Å². The molecule has 28 heavy (non-hydrogen) atoms. The van der Waals surface area contributed by atoms with E-state index in [9.17, 15) is 0 Å². The van der Waals surface area contributed by atoms with Crippen LogP contribution in [0, 0.1) is 0 Å². The molecule has 5 rings (SSSR count). The van der Waals surface area contributed by atoms with E-state index in [1.807, 2.05) is 0 Å². The molecule has 0 fully saturated rings. The monoisotopic (exact) mass is 396 g/mol. The average Bonchev–Trinajstić information content (AvgIpc) is 3.45. The van der Waals surface area contributed by atoms with Gasteiger partial charge >= 0.3 is 0 Å². The van der Waals surface area contributed by atoms with E-state index in [1.165, 1.54) is 54.0 Å². The maximum Gasteiger partial charge on any atom is 0.00695 e. The van der Waals surface area contributed by atoms with Gasteiger partial charge in [-0.1, -0.05) is 48.5 Å². The van der Waals surface area contributed by atoms with Crippen LogP contribution in [0.25, 0.3) is 21.9 Å². The number of hydrogen-bond acceptors (Lipinski definition) is 2. The van der Waals surface area contributed by atoms with Crippen molar-refractivity contribution < 1.29 is 0 Å². The summed E-state index contributed by atoms with van der Waals surface area (Å²) in [6, 6.07) is 31.2. The van der Waals surface area contributed by atoms with Gasteiger partial charge in [0.25, 0.3) is 0 Å². The van der Waals surface area contributed by atoms with Gasteiger partial charge in [0.05, 0.1) is 0 Å². The number of rotatable bonds is 4. The van der Waals surface area contributed by atoms with Gasteiger partial charge < -0.3 is 0 Å². The molecule has 0 saturated carbocycles. The van der Waals surface area contributed by atoms with Gasteiger partial charge in [-0.15, -0.1) is 23.5 Å². The Labute approximate surface area is 174 Å². The van der Waals surface area contributed by atoms with Crippen LogP contribution < -0.4 is 0 Å². The Balaban J connectivity index is 1.70. The molecule has 2 heteroatoms. The van der Waals surface area contributed by atoms with E-state index in [-0.39, 0.29) is 0 Å². The standard InChI is InChI=1S/C26H20S2/c1-27-21-11-7-17(8-12-21)25(18-9-13-22(28-2)14-10-18)26-23-15-19-5-3-4-6-20(19)16-24(23)26/h3-16H,1-2H3. The summed E-state index contributed by atoms with van der Waals surface area (Å²) in [6.07, 6.45) is 4.25. The molecule has 4 aromatic carbocycles. The van der Waals surface area contributed by atoms with Gasteiger partial charge in [-0.05, 0) is 93.1 Å². The number of fused-ring (bicyclic) bond motifs is 2. The first-order valence-corrected chi connectivity index (χ1v) is 11.8. The molecule has 0 bridgehead atoms. The molecule has 0 aliphatic heterocycles. The van der Waals surface area contributed by atoms with Crippen LogP contribution >= 0.6 is 23.5 Å². The molecule has 0 atom stereocenters. The molecule has 0 N–H and O–H groups in total. The fraction of sp³-hybridized carbons (Fsp3) is 0.0769. The molecule has 0 heterocycles. The molecule has 0 unspecified atom stereocenters. The van der Waals surface area contributed by atoms with Crippen LogP contribution in [0.15, 0.2) is 94.7 Å². The zero-order valence-electron chi connectivity index (χ0n) is 15.9. The normalized spacial score (nSPS) is 12.1. The fourth-order valence-electron chi connectivity index (χ4n) is 3.84. The molecule has 1 aliphatic rings. The van der Waals surface area contributed by atoms with E-state index >= 15 is 0 Å². The second-order valence-corrected chi connectivity index (χ2v) is 8.71. The summed E-state index contributed by atoms with van der Waals surface area (Å²) in [5, 5.41) is 2.62. The predicted molar refractivity (Wildman–Crippen MR) is 125 cm³/mol. The van der Waals surface area contributed by atoms with Crippen LogP contribution in [-0.4, -0.2) is 12.5 Å². The minimum absolute atomic E-state index is 1.28. The van der Waals surface area contributed by atoms with Crippen LogP contribution in [0.3, 0.4) is 0 Å². The van der Waals surface area contributed by atoms with Gasteiger partial charge in [0, 0.05) is 9.79 Å². The average molecular weight is 397 g/mol. The zero-order valence-corrected chi connectivity index (χ0v) is 17.5. The second-order valence-electron chi connectivity index (χ2n) is 6.95. The van der Waals surface area contributed by atoms with Crippen molar-refractivity contribution >= 4 is 45.4 Å².